The Labute approximate surface area is 188 Å². The van der Waals surface area contributed by atoms with Crippen molar-refractivity contribution in [3.8, 4) is 5.75 Å². The van der Waals surface area contributed by atoms with Gasteiger partial charge in [0.1, 0.15) is 5.75 Å². The Morgan fingerprint density at radius 3 is 2.35 bits per heavy atom. The van der Waals surface area contributed by atoms with Gasteiger partial charge in [-0.15, -0.1) is 0 Å². The van der Waals surface area contributed by atoms with Crippen LogP contribution in [0.25, 0.3) is 0 Å². The molecule has 31 heavy (non-hydrogen) atoms. The van der Waals surface area contributed by atoms with Gasteiger partial charge < -0.3 is 21.5 Å². The van der Waals surface area contributed by atoms with Gasteiger partial charge in [-0.1, -0.05) is 41.4 Å². The number of methoxy groups -OCH3 is 1. The van der Waals surface area contributed by atoms with E-state index in [9.17, 15) is 13.2 Å². The summed E-state index contributed by atoms with van der Waals surface area (Å²) in [4.78, 5) is 12.6. The highest BCUT2D eigenvalue weighted by atomic mass is 35.5. The summed E-state index contributed by atoms with van der Waals surface area (Å²) in [5.74, 6) is -0.224. The minimum atomic E-state index is -4.18. The molecule has 0 bridgehead atoms. The molecule has 0 fully saturated rings. The van der Waals surface area contributed by atoms with Crippen LogP contribution in [0.5, 0.6) is 5.75 Å². The van der Waals surface area contributed by atoms with Crippen molar-refractivity contribution >= 4 is 50.3 Å². The van der Waals surface area contributed by atoms with Crippen molar-refractivity contribution in [3.63, 3.8) is 0 Å². The molecule has 10 heteroatoms. The van der Waals surface area contributed by atoms with Crippen molar-refractivity contribution in [1.29, 1.82) is 0 Å². The number of benzene rings is 3. The minimum absolute atomic E-state index is 0.0116. The normalized spacial score (nSPS) is 17.9. The van der Waals surface area contributed by atoms with Gasteiger partial charge >= 0.3 is 0 Å². The molecule has 1 amide bonds. The number of carbonyl (C=O) groups excluding carboxylic acids is 1. The van der Waals surface area contributed by atoms with Crippen molar-refractivity contribution in [2.24, 2.45) is 5.73 Å². The average Bonchev–Trinajstić information content (AvgIpc) is 2.98. The first-order chi connectivity index (χ1) is 14.6. The first-order valence-electron chi connectivity index (χ1n) is 8.98. The van der Waals surface area contributed by atoms with Gasteiger partial charge in [0.2, 0.25) is 9.84 Å². The molecule has 3 aromatic carbocycles. The zero-order valence-electron chi connectivity index (χ0n) is 16.1. The van der Waals surface area contributed by atoms with E-state index in [1.54, 1.807) is 24.3 Å². The first-order valence-corrected chi connectivity index (χ1v) is 11.2. The number of rotatable bonds is 4. The summed E-state index contributed by atoms with van der Waals surface area (Å²) in [7, 11) is -2.73. The van der Waals surface area contributed by atoms with E-state index in [0.29, 0.717) is 11.3 Å². The third kappa shape index (κ3) is 3.23. The molecule has 1 heterocycles. The van der Waals surface area contributed by atoms with E-state index in [-0.39, 0.29) is 36.8 Å². The summed E-state index contributed by atoms with van der Waals surface area (Å²) in [6.45, 7) is 0. The highest BCUT2D eigenvalue weighted by Gasteiger charge is 2.48. The Kier molecular flexibility index (Phi) is 5.13. The standard InChI is InChI=1S/C21H17Cl2N3O4S/c1-30-12-6-7-17(16(24)10-12)31(28,29)18-9-11(22)8-14-19(18)26-20(27)21(14,25)13-4-2-3-5-15(13)23/h2-10H,24-25H2,1H3,(H,26,27). The number of hydrogen-bond donors (Lipinski definition) is 3. The zero-order valence-corrected chi connectivity index (χ0v) is 18.5. The molecule has 1 aliphatic heterocycles. The van der Waals surface area contributed by atoms with Gasteiger partial charge in [0, 0.05) is 27.2 Å². The molecule has 0 aromatic heterocycles. The lowest BCUT2D eigenvalue weighted by atomic mass is 9.85. The van der Waals surface area contributed by atoms with Gasteiger partial charge in [0.15, 0.2) is 5.54 Å². The van der Waals surface area contributed by atoms with Gasteiger partial charge in [-0.3, -0.25) is 4.79 Å². The lowest BCUT2D eigenvalue weighted by Gasteiger charge is -2.24. The van der Waals surface area contributed by atoms with Gasteiger partial charge in [-0.2, -0.15) is 0 Å². The first kappa shape index (κ1) is 21.5. The molecular formula is C21H17Cl2N3O4S. The zero-order chi connectivity index (χ0) is 22.6. The van der Waals surface area contributed by atoms with Crippen LogP contribution < -0.4 is 21.5 Å². The number of sulfone groups is 1. The van der Waals surface area contributed by atoms with Gasteiger partial charge in [0.25, 0.3) is 5.91 Å². The molecule has 0 saturated heterocycles. The maximum absolute atomic E-state index is 13.5. The second-order valence-electron chi connectivity index (χ2n) is 6.98. The molecule has 0 saturated carbocycles. The van der Waals surface area contributed by atoms with E-state index in [4.69, 9.17) is 39.4 Å². The topological polar surface area (TPSA) is 125 Å². The molecule has 0 radical (unpaired) electrons. The Morgan fingerprint density at radius 2 is 1.71 bits per heavy atom. The van der Waals surface area contributed by atoms with Crippen LogP contribution in [-0.2, 0) is 20.2 Å². The molecule has 0 aliphatic carbocycles. The molecule has 5 N–H and O–H groups in total. The summed E-state index contributed by atoms with van der Waals surface area (Å²) >= 11 is 12.6. The van der Waals surface area contributed by atoms with E-state index < -0.39 is 21.3 Å². The summed E-state index contributed by atoms with van der Waals surface area (Å²) in [6, 6.07) is 13.5. The number of anilines is 2. The Bertz CT molecular complexity index is 1340. The van der Waals surface area contributed by atoms with Crippen LogP contribution >= 0.6 is 23.2 Å². The van der Waals surface area contributed by atoms with E-state index in [1.807, 2.05) is 0 Å². The number of halogens is 2. The van der Waals surface area contributed by atoms with E-state index >= 15 is 0 Å². The Balaban J connectivity index is 1.97. The lowest BCUT2D eigenvalue weighted by Crippen LogP contribution is -2.44. The molecule has 0 spiro atoms. The fraction of sp³-hybridized carbons (Fsp3) is 0.0952. The van der Waals surface area contributed by atoms with Crippen molar-refractivity contribution in [3.05, 3.63) is 75.8 Å². The van der Waals surface area contributed by atoms with Gasteiger partial charge in [0.05, 0.1) is 28.3 Å². The average molecular weight is 478 g/mol. The third-order valence-electron chi connectivity index (χ3n) is 5.18. The molecule has 1 unspecified atom stereocenters. The fourth-order valence-corrected chi connectivity index (χ4v) is 5.77. The van der Waals surface area contributed by atoms with Crippen molar-refractivity contribution < 1.29 is 17.9 Å². The highest BCUT2D eigenvalue weighted by Crippen LogP contribution is 2.47. The molecule has 4 rings (SSSR count). The van der Waals surface area contributed by atoms with Crippen LogP contribution in [0.1, 0.15) is 11.1 Å². The number of carbonyl (C=O) groups is 1. The summed E-state index contributed by atoms with van der Waals surface area (Å²) in [5, 5.41) is 2.95. The Morgan fingerprint density at radius 1 is 1.00 bits per heavy atom. The number of amides is 1. The molecule has 160 valence electrons. The maximum Gasteiger partial charge on any atom is 0.253 e. The number of nitrogens with one attached hydrogen (secondary N) is 1. The second-order valence-corrected chi connectivity index (χ2v) is 9.71. The smallest absolute Gasteiger partial charge is 0.253 e. The second kappa shape index (κ2) is 7.42. The van der Waals surface area contributed by atoms with Crippen LogP contribution in [-0.4, -0.2) is 21.4 Å². The number of nitrogen functional groups attached to an aromatic ring is 1. The van der Waals surface area contributed by atoms with Crippen LogP contribution in [0.2, 0.25) is 10.0 Å². The number of fused-ring (bicyclic) bond motifs is 1. The fourth-order valence-electron chi connectivity index (χ4n) is 3.63. The van der Waals surface area contributed by atoms with Crippen molar-refractivity contribution in [2.75, 3.05) is 18.2 Å². The van der Waals surface area contributed by atoms with Crippen LogP contribution in [0.4, 0.5) is 11.4 Å². The van der Waals surface area contributed by atoms with Crippen LogP contribution in [0.15, 0.2) is 64.4 Å². The molecule has 7 nitrogen and oxygen atoms in total. The van der Waals surface area contributed by atoms with Gasteiger partial charge in [-0.25, -0.2) is 8.42 Å². The molecule has 1 atom stereocenters. The predicted molar refractivity (Wildman–Crippen MR) is 119 cm³/mol. The number of hydrogen-bond acceptors (Lipinski definition) is 6. The van der Waals surface area contributed by atoms with E-state index in [1.165, 1.54) is 37.4 Å². The number of nitrogens with two attached hydrogens (primary N) is 2. The highest BCUT2D eigenvalue weighted by molar-refractivity contribution is 7.91. The van der Waals surface area contributed by atoms with E-state index in [0.717, 1.165) is 0 Å². The lowest BCUT2D eigenvalue weighted by molar-refractivity contribution is -0.119. The maximum atomic E-state index is 13.5. The predicted octanol–water partition coefficient (Wildman–Crippen LogP) is 3.57. The van der Waals surface area contributed by atoms with Crippen LogP contribution in [0, 0.1) is 0 Å². The summed E-state index contributed by atoms with van der Waals surface area (Å²) < 4.78 is 32.1. The number of ether oxygens (including phenoxy) is 1. The largest absolute Gasteiger partial charge is 0.497 e. The Hall–Kier alpha value is -2.78. The minimum Gasteiger partial charge on any atom is -0.497 e. The molecule has 1 aliphatic rings. The quantitative estimate of drug-likeness (QED) is 0.493. The van der Waals surface area contributed by atoms with Crippen molar-refractivity contribution in [2.45, 2.75) is 15.3 Å². The van der Waals surface area contributed by atoms with Crippen molar-refractivity contribution in [1.82, 2.24) is 0 Å². The van der Waals surface area contributed by atoms with E-state index in [2.05, 4.69) is 5.32 Å². The monoisotopic (exact) mass is 477 g/mol. The summed E-state index contributed by atoms with van der Waals surface area (Å²) in [5.41, 5.74) is 11.3. The molecule has 3 aromatic rings. The third-order valence-corrected chi connectivity index (χ3v) is 7.58. The summed E-state index contributed by atoms with van der Waals surface area (Å²) in [6.07, 6.45) is 0. The SMILES string of the molecule is COc1ccc(S(=O)(=O)c2cc(Cl)cc3c2NC(=O)C3(N)c2ccccc2Cl)c(N)c1. The van der Waals surface area contributed by atoms with Crippen LogP contribution in [0.3, 0.4) is 0 Å². The van der Waals surface area contributed by atoms with Gasteiger partial charge in [-0.05, 0) is 30.3 Å². The molecular weight excluding hydrogens is 461 g/mol.